The summed E-state index contributed by atoms with van der Waals surface area (Å²) < 4.78 is 19.5. The second-order valence-electron chi connectivity index (χ2n) is 10.7. The zero-order valence-electron chi connectivity index (χ0n) is 22.1. The third kappa shape index (κ3) is 4.82. The summed E-state index contributed by atoms with van der Waals surface area (Å²) in [6, 6.07) is 12.9. The van der Waals surface area contributed by atoms with E-state index in [1.165, 1.54) is 36.1 Å². The fraction of sp³-hybridized carbons (Fsp3) is 0.387. The van der Waals surface area contributed by atoms with E-state index < -0.39 is 0 Å². The number of benzene rings is 2. The maximum atomic E-state index is 14.0. The van der Waals surface area contributed by atoms with E-state index in [0.29, 0.717) is 11.6 Å². The summed E-state index contributed by atoms with van der Waals surface area (Å²) in [7, 11) is 0. The molecule has 0 atom stereocenters. The topological polar surface area (TPSA) is 60.6 Å². The lowest BCUT2D eigenvalue weighted by Crippen LogP contribution is -2.48. The molecule has 0 saturated carbocycles. The highest BCUT2D eigenvalue weighted by atomic mass is 19.1. The predicted molar refractivity (Wildman–Crippen MR) is 149 cm³/mol. The van der Waals surface area contributed by atoms with Crippen LogP contribution in [0.25, 0.3) is 22.8 Å². The number of ether oxygens (including phenoxy) is 1. The Morgan fingerprint density at radius 2 is 1.82 bits per heavy atom. The number of hydrogen-bond donors (Lipinski definition) is 2. The molecule has 2 fully saturated rings. The van der Waals surface area contributed by atoms with Gasteiger partial charge in [-0.15, -0.1) is 0 Å². The van der Waals surface area contributed by atoms with Crippen LogP contribution in [0.2, 0.25) is 0 Å². The lowest BCUT2D eigenvalue weighted by Gasteiger charge is -2.40. The van der Waals surface area contributed by atoms with Crippen molar-refractivity contribution in [2.45, 2.75) is 39.3 Å². The number of piperidine rings is 1. The van der Waals surface area contributed by atoms with Crippen LogP contribution in [0.4, 0.5) is 10.1 Å². The fourth-order valence-electron chi connectivity index (χ4n) is 6.23. The van der Waals surface area contributed by atoms with E-state index in [1.54, 1.807) is 6.07 Å². The van der Waals surface area contributed by atoms with Gasteiger partial charge in [0.05, 0.1) is 18.8 Å². The van der Waals surface area contributed by atoms with E-state index >= 15 is 0 Å². The van der Waals surface area contributed by atoms with Gasteiger partial charge in [0.1, 0.15) is 5.82 Å². The van der Waals surface area contributed by atoms with Crippen LogP contribution in [-0.4, -0.2) is 66.1 Å². The number of halogens is 1. The summed E-state index contributed by atoms with van der Waals surface area (Å²) in [5.74, 6) is -0.431. The van der Waals surface area contributed by atoms with Crippen LogP contribution in [-0.2, 0) is 16.1 Å². The van der Waals surface area contributed by atoms with Crippen molar-refractivity contribution in [3.63, 3.8) is 0 Å². The monoisotopic (exact) mass is 514 g/mol. The van der Waals surface area contributed by atoms with Gasteiger partial charge < -0.3 is 15.0 Å². The predicted octanol–water partition coefficient (Wildman–Crippen LogP) is 5.23. The van der Waals surface area contributed by atoms with Crippen molar-refractivity contribution in [1.82, 2.24) is 14.8 Å². The van der Waals surface area contributed by atoms with Crippen LogP contribution in [0.15, 0.2) is 42.5 Å². The Kier molecular flexibility index (Phi) is 6.91. The molecule has 1 aromatic heterocycles. The molecule has 6 rings (SSSR count). The Labute approximate surface area is 223 Å². The number of aromatic nitrogens is 1. The number of rotatable bonds is 5. The molecule has 0 aliphatic carbocycles. The Morgan fingerprint density at radius 1 is 1.05 bits per heavy atom. The van der Waals surface area contributed by atoms with Gasteiger partial charge in [-0.1, -0.05) is 24.3 Å². The van der Waals surface area contributed by atoms with Crippen LogP contribution in [0.3, 0.4) is 0 Å². The van der Waals surface area contributed by atoms with Gasteiger partial charge in [-0.05, 0) is 86.3 Å². The standard InChI is InChI=1S/C31H35FN4O2/c1-20-27(19-35-11-9-24(10-12-35)36-13-15-38-16-14-36)21(2)33-29(20)18-26-30-25(22-5-3-6-23(32)17-22)7-4-8-28(30)34-31(26)37/h3-8,17-18,24,33H,9-16,19H2,1-2H3,(H,34,37)/b26-18-. The number of nitrogens with one attached hydrogen (secondary N) is 2. The van der Waals surface area contributed by atoms with Crippen molar-refractivity contribution in [2.24, 2.45) is 0 Å². The van der Waals surface area contributed by atoms with Gasteiger partial charge in [-0.3, -0.25) is 14.6 Å². The maximum absolute atomic E-state index is 14.0. The zero-order valence-corrected chi connectivity index (χ0v) is 22.1. The summed E-state index contributed by atoms with van der Waals surface area (Å²) in [5, 5.41) is 3.00. The van der Waals surface area contributed by atoms with Crippen molar-refractivity contribution in [1.29, 1.82) is 0 Å². The summed E-state index contributed by atoms with van der Waals surface area (Å²) in [4.78, 5) is 21.8. The first-order valence-corrected chi connectivity index (χ1v) is 13.6. The number of nitrogens with zero attached hydrogens (tertiary/aromatic N) is 2. The molecule has 0 radical (unpaired) electrons. The number of carbonyl (C=O) groups is 1. The number of H-pyrrole nitrogens is 1. The summed E-state index contributed by atoms with van der Waals surface area (Å²) in [5.41, 5.74) is 8.35. The van der Waals surface area contributed by atoms with E-state index in [2.05, 4.69) is 33.9 Å². The van der Waals surface area contributed by atoms with Crippen LogP contribution in [0.1, 0.15) is 40.9 Å². The second kappa shape index (κ2) is 10.5. The number of anilines is 1. The number of likely N-dealkylation sites (tertiary alicyclic amines) is 1. The lowest BCUT2D eigenvalue weighted by molar-refractivity contribution is -0.110. The van der Waals surface area contributed by atoms with E-state index in [4.69, 9.17) is 4.74 Å². The number of amides is 1. The molecule has 38 heavy (non-hydrogen) atoms. The van der Waals surface area contributed by atoms with E-state index in [9.17, 15) is 9.18 Å². The van der Waals surface area contributed by atoms with Gasteiger partial charge in [-0.25, -0.2) is 4.39 Å². The molecule has 3 aromatic rings. The van der Waals surface area contributed by atoms with Crippen molar-refractivity contribution >= 4 is 23.2 Å². The van der Waals surface area contributed by atoms with E-state index in [-0.39, 0.29) is 11.7 Å². The Morgan fingerprint density at radius 3 is 2.58 bits per heavy atom. The first-order valence-electron chi connectivity index (χ1n) is 13.6. The van der Waals surface area contributed by atoms with Crippen LogP contribution < -0.4 is 5.32 Å². The lowest BCUT2D eigenvalue weighted by atomic mass is 9.94. The smallest absolute Gasteiger partial charge is 0.256 e. The largest absolute Gasteiger partial charge is 0.379 e. The minimum Gasteiger partial charge on any atom is -0.379 e. The normalized spacial score (nSPS) is 20.2. The number of carbonyl (C=O) groups excluding carboxylic acids is 1. The van der Waals surface area contributed by atoms with Gasteiger partial charge in [0, 0.05) is 48.3 Å². The molecular weight excluding hydrogens is 479 g/mol. The zero-order chi connectivity index (χ0) is 26.2. The third-order valence-electron chi connectivity index (χ3n) is 8.38. The molecule has 3 aliphatic heterocycles. The van der Waals surface area contributed by atoms with Crippen LogP contribution >= 0.6 is 0 Å². The average Bonchev–Trinajstić information content (AvgIpc) is 3.39. The number of aryl methyl sites for hydroxylation is 1. The van der Waals surface area contributed by atoms with Gasteiger partial charge in [0.25, 0.3) is 5.91 Å². The van der Waals surface area contributed by atoms with Gasteiger partial charge in [0.2, 0.25) is 0 Å². The molecule has 4 heterocycles. The minimum atomic E-state index is -0.294. The number of hydrogen-bond acceptors (Lipinski definition) is 4. The minimum absolute atomic E-state index is 0.137. The third-order valence-corrected chi connectivity index (χ3v) is 8.38. The van der Waals surface area contributed by atoms with E-state index in [0.717, 1.165) is 79.7 Å². The molecule has 7 heteroatoms. The van der Waals surface area contributed by atoms with Crippen molar-refractivity contribution in [3.8, 4) is 11.1 Å². The summed E-state index contributed by atoms with van der Waals surface area (Å²) >= 11 is 0. The molecule has 0 spiro atoms. The molecule has 198 valence electrons. The number of fused-ring (bicyclic) bond motifs is 1. The highest BCUT2D eigenvalue weighted by molar-refractivity contribution is 6.36. The Bertz CT molecular complexity index is 1380. The Balaban J connectivity index is 1.24. The average molecular weight is 515 g/mol. The highest BCUT2D eigenvalue weighted by Gasteiger charge is 2.29. The maximum Gasteiger partial charge on any atom is 0.256 e. The molecule has 2 aromatic carbocycles. The Hall–Kier alpha value is -3.26. The van der Waals surface area contributed by atoms with Crippen molar-refractivity contribution < 1.29 is 13.9 Å². The first-order chi connectivity index (χ1) is 18.5. The van der Waals surface area contributed by atoms with Crippen LogP contribution in [0.5, 0.6) is 0 Å². The SMILES string of the molecule is Cc1[nH]c(/C=C2\C(=O)Nc3cccc(-c4cccc(F)c4)c32)c(C)c1CN1CCC(N2CCOCC2)CC1. The van der Waals surface area contributed by atoms with Gasteiger partial charge in [0.15, 0.2) is 0 Å². The molecule has 3 aliphatic rings. The van der Waals surface area contributed by atoms with Crippen LogP contribution in [0, 0.1) is 19.7 Å². The molecular formula is C31H35FN4O2. The van der Waals surface area contributed by atoms with Crippen molar-refractivity contribution in [2.75, 3.05) is 44.7 Å². The molecule has 1 amide bonds. The number of aromatic amines is 1. The van der Waals surface area contributed by atoms with Gasteiger partial charge >= 0.3 is 0 Å². The summed E-state index contributed by atoms with van der Waals surface area (Å²) in [6.07, 6.45) is 4.35. The van der Waals surface area contributed by atoms with E-state index in [1.807, 2.05) is 30.3 Å². The quantitative estimate of drug-likeness (QED) is 0.458. The molecule has 0 bridgehead atoms. The fourth-order valence-corrected chi connectivity index (χ4v) is 6.23. The molecule has 0 unspecified atom stereocenters. The van der Waals surface area contributed by atoms with Gasteiger partial charge in [-0.2, -0.15) is 0 Å². The van der Waals surface area contributed by atoms with Crippen molar-refractivity contribution in [3.05, 3.63) is 76.4 Å². The molecule has 2 N–H and O–H groups in total. The second-order valence-corrected chi connectivity index (χ2v) is 10.7. The molecule has 2 saturated heterocycles. The number of morpholine rings is 1. The summed E-state index contributed by atoms with van der Waals surface area (Å²) in [6.45, 7) is 11.2. The molecule has 6 nitrogen and oxygen atoms in total. The first kappa shape index (κ1) is 25.0. The highest BCUT2D eigenvalue weighted by Crippen LogP contribution is 2.41.